The van der Waals surface area contributed by atoms with E-state index in [0.717, 1.165) is 0 Å². The van der Waals surface area contributed by atoms with Crippen LogP contribution in [-0.2, 0) is 0 Å². The van der Waals surface area contributed by atoms with Crippen LogP contribution in [0.25, 0.3) is 0 Å². The van der Waals surface area contributed by atoms with E-state index in [9.17, 15) is 4.79 Å². The predicted octanol–water partition coefficient (Wildman–Crippen LogP) is 1.10. The molecule has 4 heteroatoms. The van der Waals surface area contributed by atoms with Gasteiger partial charge in [-0.25, -0.2) is 0 Å². The van der Waals surface area contributed by atoms with Crippen LogP contribution in [-0.4, -0.2) is 11.6 Å². The molecule has 0 aliphatic carbocycles. The third-order valence-electron chi connectivity index (χ3n) is 2.11. The Bertz CT molecular complexity index is 397. The molecule has 1 aromatic carbocycles. The fourth-order valence-corrected chi connectivity index (χ4v) is 1.24. The zero-order valence-corrected chi connectivity index (χ0v) is 8.90. The minimum Gasteiger partial charge on any atom is -0.382 e. The Kier molecular flexibility index (Phi) is 3.44. The van der Waals surface area contributed by atoms with Crippen LogP contribution in [0.5, 0.6) is 0 Å². The van der Waals surface area contributed by atoms with Crippen molar-refractivity contribution < 1.29 is 4.79 Å². The van der Waals surface area contributed by atoms with Crippen molar-refractivity contribution >= 4 is 11.6 Å². The molecule has 0 heterocycles. The van der Waals surface area contributed by atoms with Crippen LogP contribution in [0.15, 0.2) is 29.4 Å². The quantitative estimate of drug-likeness (QED) is 0.255. The molecule has 0 saturated heterocycles. The fraction of sp³-hybridized carbons (Fsp3) is 0.273. The first-order valence-electron chi connectivity index (χ1n) is 4.74. The maximum atomic E-state index is 11.7. The summed E-state index contributed by atoms with van der Waals surface area (Å²) < 4.78 is 0. The van der Waals surface area contributed by atoms with E-state index in [2.05, 4.69) is 5.10 Å². The number of rotatable bonds is 3. The Morgan fingerprint density at radius 2 is 1.93 bits per heavy atom. The molecule has 0 unspecified atom stereocenters. The molecule has 1 rings (SSSR count). The molecule has 4 nitrogen and oxygen atoms in total. The van der Waals surface area contributed by atoms with Gasteiger partial charge >= 0.3 is 0 Å². The number of Topliss-reactive ketones (excluding diaryl/α,β-unsaturated/α-hetero) is 1. The molecule has 15 heavy (non-hydrogen) atoms. The fourth-order valence-electron chi connectivity index (χ4n) is 1.24. The third kappa shape index (κ3) is 2.56. The molecule has 0 amide bonds. The zero-order valence-electron chi connectivity index (χ0n) is 8.90. The summed E-state index contributed by atoms with van der Waals surface area (Å²) in [7, 11) is 0. The molecule has 0 radical (unpaired) electrons. The molecule has 0 aromatic heterocycles. The number of carbonyl (C=O) groups is 1. The second-order valence-corrected chi connectivity index (χ2v) is 3.61. The van der Waals surface area contributed by atoms with E-state index in [1.807, 2.05) is 13.8 Å². The van der Waals surface area contributed by atoms with Gasteiger partial charge in [0.15, 0.2) is 5.78 Å². The number of carbonyl (C=O) groups excluding carboxylic acids is 1. The number of benzene rings is 1. The summed E-state index contributed by atoms with van der Waals surface area (Å²) in [6.45, 7) is 3.71. The number of hydrazone groups is 1. The first kappa shape index (κ1) is 11.2. The lowest BCUT2D eigenvalue weighted by molar-refractivity contribution is 0.0939. The monoisotopic (exact) mass is 205 g/mol. The van der Waals surface area contributed by atoms with Crippen molar-refractivity contribution in [3.05, 3.63) is 35.4 Å². The highest BCUT2D eigenvalue weighted by atomic mass is 16.1. The minimum absolute atomic E-state index is 0.0312. The van der Waals surface area contributed by atoms with Crippen LogP contribution >= 0.6 is 0 Å². The number of nitrogens with zero attached hydrogens (tertiary/aromatic N) is 1. The largest absolute Gasteiger partial charge is 0.382 e. The van der Waals surface area contributed by atoms with Crippen molar-refractivity contribution in [2.45, 2.75) is 13.8 Å². The van der Waals surface area contributed by atoms with Gasteiger partial charge in [0.25, 0.3) is 0 Å². The van der Waals surface area contributed by atoms with Gasteiger partial charge < -0.3 is 11.6 Å². The third-order valence-corrected chi connectivity index (χ3v) is 2.11. The van der Waals surface area contributed by atoms with Gasteiger partial charge in [0, 0.05) is 17.0 Å². The number of hydrogen-bond acceptors (Lipinski definition) is 3. The molecule has 0 aliphatic heterocycles. The predicted molar refractivity (Wildman–Crippen MR) is 60.5 cm³/mol. The van der Waals surface area contributed by atoms with Gasteiger partial charge in [-0.15, -0.1) is 0 Å². The summed E-state index contributed by atoms with van der Waals surface area (Å²) in [5, 5.41) is 3.39. The summed E-state index contributed by atoms with van der Waals surface area (Å²) >= 11 is 0. The van der Waals surface area contributed by atoms with Crippen molar-refractivity contribution in [1.82, 2.24) is 0 Å². The molecule has 4 N–H and O–H groups in total. The molecular weight excluding hydrogens is 190 g/mol. The Morgan fingerprint density at radius 3 is 2.47 bits per heavy atom. The molecule has 0 bridgehead atoms. The van der Waals surface area contributed by atoms with Crippen LogP contribution in [0.4, 0.5) is 0 Å². The Hall–Kier alpha value is -1.84. The van der Waals surface area contributed by atoms with E-state index in [0.29, 0.717) is 11.1 Å². The zero-order chi connectivity index (χ0) is 11.4. The molecule has 0 atom stereocenters. The molecule has 0 fully saturated rings. The SMILES string of the molecule is CC(C)C(=O)c1cccc(/C(N)=N/N)c1. The average Bonchev–Trinajstić information content (AvgIpc) is 2.27. The molecule has 0 aliphatic rings. The van der Waals surface area contributed by atoms with Crippen molar-refractivity contribution in [2.24, 2.45) is 22.6 Å². The van der Waals surface area contributed by atoms with Crippen molar-refractivity contribution in [3.63, 3.8) is 0 Å². The Morgan fingerprint density at radius 1 is 1.33 bits per heavy atom. The van der Waals surface area contributed by atoms with Crippen LogP contribution in [0.2, 0.25) is 0 Å². The summed E-state index contributed by atoms with van der Waals surface area (Å²) in [6, 6.07) is 7.00. The van der Waals surface area contributed by atoms with E-state index in [4.69, 9.17) is 11.6 Å². The Balaban J connectivity index is 3.08. The first-order valence-corrected chi connectivity index (χ1v) is 4.74. The lowest BCUT2D eigenvalue weighted by Gasteiger charge is -2.05. The van der Waals surface area contributed by atoms with E-state index in [-0.39, 0.29) is 17.5 Å². The van der Waals surface area contributed by atoms with E-state index >= 15 is 0 Å². The van der Waals surface area contributed by atoms with Gasteiger partial charge in [-0.2, -0.15) is 5.10 Å². The number of hydrogen-bond donors (Lipinski definition) is 2. The Labute approximate surface area is 89.0 Å². The van der Waals surface area contributed by atoms with Crippen LogP contribution in [0.1, 0.15) is 29.8 Å². The normalized spacial score (nSPS) is 11.8. The van der Waals surface area contributed by atoms with Gasteiger partial charge in [-0.1, -0.05) is 32.0 Å². The lowest BCUT2D eigenvalue weighted by Crippen LogP contribution is -2.16. The van der Waals surface area contributed by atoms with Gasteiger partial charge in [0.2, 0.25) is 0 Å². The second-order valence-electron chi connectivity index (χ2n) is 3.61. The van der Waals surface area contributed by atoms with Crippen molar-refractivity contribution in [1.29, 1.82) is 0 Å². The highest BCUT2D eigenvalue weighted by Gasteiger charge is 2.11. The van der Waals surface area contributed by atoms with E-state index < -0.39 is 0 Å². The van der Waals surface area contributed by atoms with Crippen molar-refractivity contribution in [2.75, 3.05) is 0 Å². The van der Waals surface area contributed by atoms with Gasteiger partial charge in [0.05, 0.1) is 0 Å². The van der Waals surface area contributed by atoms with Crippen LogP contribution < -0.4 is 11.6 Å². The number of amidine groups is 1. The molecule has 0 saturated carbocycles. The van der Waals surface area contributed by atoms with Crippen LogP contribution in [0.3, 0.4) is 0 Å². The summed E-state index contributed by atoms with van der Waals surface area (Å²) in [4.78, 5) is 11.7. The van der Waals surface area contributed by atoms with Gasteiger partial charge in [0.1, 0.15) is 5.84 Å². The molecule has 80 valence electrons. The minimum atomic E-state index is -0.0312. The number of ketones is 1. The van der Waals surface area contributed by atoms with E-state index in [1.54, 1.807) is 24.3 Å². The van der Waals surface area contributed by atoms with Gasteiger partial charge in [-0.05, 0) is 6.07 Å². The standard InChI is InChI=1S/C11H15N3O/c1-7(2)10(15)8-4-3-5-9(6-8)11(12)14-13/h3-7H,13H2,1-2H3,(H2,12,14). The number of nitrogens with two attached hydrogens (primary N) is 2. The second kappa shape index (κ2) is 4.59. The van der Waals surface area contributed by atoms with Crippen molar-refractivity contribution in [3.8, 4) is 0 Å². The molecule has 0 spiro atoms. The van der Waals surface area contributed by atoms with E-state index in [1.165, 1.54) is 0 Å². The van der Waals surface area contributed by atoms with Gasteiger partial charge in [-0.3, -0.25) is 4.79 Å². The maximum absolute atomic E-state index is 11.7. The smallest absolute Gasteiger partial charge is 0.165 e. The molecular formula is C11H15N3O. The first-order chi connectivity index (χ1) is 7.06. The lowest BCUT2D eigenvalue weighted by atomic mass is 9.99. The average molecular weight is 205 g/mol. The van der Waals surface area contributed by atoms with Crippen LogP contribution in [0, 0.1) is 5.92 Å². The maximum Gasteiger partial charge on any atom is 0.165 e. The summed E-state index contributed by atoms with van der Waals surface area (Å²) in [6.07, 6.45) is 0. The summed E-state index contributed by atoms with van der Waals surface area (Å²) in [5.41, 5.74) is 6.86. The topological polar surface area (TPSA) is 81.5 Å². The molecule has 1 aromatic rings. The highest BCUT2D eigenvalue weighted by molar-refractivity contribution is 6.02. The highest BCUT2D eigenvalue weighted by Crippen LogP contribution is 2.10. The summed E-state index contributed by atoms with van der Waals surface area (Å²) in [5.74, 6) is 5.35.